The van der Waals surface area contributed by atoms with Crippen LogP contribution in [-0.2, 0) is 16.1 Å². The molecule has 1 aromatic heterocycles. The second-order valence-electron chi connectivity index (χ2n) is 7.76. The van der Waals surface area contributed by atoms with Gasteiger partial charge in [0.1, 0.15) is 6.61 Å². The lowest BCUT2D eigenvalue weighted by Gasteiger charge is -2.15. The molecule has 0 aliphatic heterocycles. The van der Waals surface area contributed by atoms with E-state index < -0.39 is 30.6 Å². The third-order valence-corrected chi connectivity index (χ3v) is 5.62. The van der Waals surface area contributed by atoms with E-state index >= 15 is 0 Å². The summed E-state index contributed by atoms with van der Waals surface area (Å²) in [5.41, 5.74) is 5.03. The second-order valence-corrected chi connectivity index (χ2v) is 7.76. The smallest absolute Gasteiger partial charge is 0.407 e. The number of carbonyl (C=O) groups excluding carboxylic acids is 2. The molecule has 0 saturated carbocycles. The summed E-state index contributed by atoms with van der Waals surface area (Å²) in [5.74, 6) is -2.08. The zero-order chi connectivity index (χ0) is 24.1. The van der Waals surface area contributed by atoms with Gasteiger partial charge in [-0.2, -0.15) is 0 Å². The molecule has 1 aliphatic carbocycles. The van der Waals surface area contributed by atoms with Crippen molar-refractivity contribution in [2.45, 2.75) is 18.5 Å². The first-order chi connectivity index (χ1) is 16.5. The third kappa shape index (κ3) is 4.89. The Morgan fingerprint density at radius 1 is 1.00 bits per heavy atom. The molecule has 34 heavy (non-hydrogen) atoms. The molecule has 0 bridgehead atoms. The molecule has 2 amide bonds. The maximum Gasteiger partial charge on any atom is 0.407 e. The molecule has 0 saturated heterocycles. The Hall–Kier alpha value is -4.24. The van der Waals surface area contributed by atoms with Gasteiger partial charge in [-0.05, 0) is 34.4 Å². The molecule has 1 heterocycles. The number of carboxylic acids is 1. The first kappa shape index (κ1) is 22.9. The van der Waals surface area contributed by atoms with Crippen molar-refractivity contribution >= 4 is 18.0 Å². The Bertz CT molecular complexity index is 1180. The van der Waals surface area contributed by atoms with Gasteiger partial charge in [-0.3, -0.25) is 9.78 Å². The van der Waals surface area contributed by atoms with Crippen LogP contribution in [0.25, 0.3) is 11.1 Å². The van der Waals surface area contributed by atoms with E-state index in [9.17, 15) is 14.4 Å². The highest BCUT2D eigenvalue weighted by Gasteiger charge is 2.29. The van der Waals surface area contributed by atoms with Crippen LogP contribution in [0, 0.1) is 0 Å². The molecule has 0 fully saturated rings. The van der Waals surface area contributed by atoms with Gasteiger partial charge in [-0.15, -0.1) is 0 Å². The summed E-state index contributed by atoms with van der Waals surface area (Å²) in [7, 11) is 0. The van der Waals surface area contributed by atoms with Crippen molar-refractivity contribution in [1.82, 2.24) is 15.6 Å². The van der Waals surface area contributed by atoms with Gasteiger partial charge in [0.15, 0.2) is 6.04 Å². The zero-order valence-corrected chi connectivity index (χ0v) is 18.1. The van der Waals surface area contributed by atoms with Crippen molar-refractivity contribution in [3.8, 4) is 11.1 Å². The number of pyridine rings is 1. The van der Waals surface area contributed by atoms with Crippen LogP contribution >= 0.6 is 0 Å². The number of carbonyl (C=O) groups is 3. The molecule has 9 nitrogen and oxygen atoms in total. The number of aliphatic carboxylic acids is 1. The number of nitrogens with one attached hydrogen (secondary N) is 2. The summed E-state index contributed by atoms with van der Waals surface area (Å²) in [4.78, 5) is 39.7. The first-order valence-corrected chi connectivity index (χ1v) is 10.7. The van der Waals surface area contributed by atoms with Gasteiger partial charge in [-0.1, -0.05) is 48.5 Å². The number of benzene rings is 2. The number of nitrogens with zero attached hydrogens (tertiary/aromatic N) is 1. The van der Waals surface area contributed by atoms with Gasteiger partial charge < -0.3 is 25.6 Å². The molecule has 174 valence electrons. The van der Waals surface area contributed by atoms with E-state index in [1.807, 2.05) is 36.4 Å². The Labute approximate surface area is 195 Å². The lowest BCUT2D eigenvalue weighted by molar-refractivity contribution is -0.140. The fourth-order valence-electron chi connectivity index (χ4n) is 3.96. The minimum Gasteiger partial charge on any atom is -0.480 e. The maximum absolute atomic E-state index is 12.3. The summed E-state index contributed by atoms with van der Waals surface area (Å²) in [6, 6.07) is 17.5. The van der Waals surface area contributed by atoms with Crippen molar-refractivity contribution in [3.05, 3.63) is 89.2 Å². The van der Waals surface area contributed by atoms with E-state index in [-0.39, 0.29) is 24.6 Å². The Morgan fingerprint density at radius 3 is 2.26 bits per heavy atom. The molecular weight excluding hydrogens is 438 g/mol. The van der Waals surface area contributed by atoms with Crippen LogP contribution in [0.5, 0.6) is 0 Å². The lowest BCUT2D eigenvalue weighted by Crippen LogP contribution is -2.43. The Kier molecular flexibility index (Phi) is 6.84. The number of amides is 2. The van der Waals surface area contributed by atoms with Crippen molar-refractivity contribution in [2.24, 2.45) is 0 Å². The Morgan fingerprint density at radius 2 is 1.65 bits per heavy atom. The summed E-state index contributed by atoms with van der Waals surface area (Å²) < 4.78 is 5.48. The van der Waals surface area contributed by atoms with E-state index in [4.69, 9.17) is 14.9 Å². The number of aromatic nitrogens is 1. The van der Waals surface area contributed by atoms with Crippen LogP contribution in [0.15, 0.2) is 66.9 Å². The minimum atomic E-state index is -1.41. The highest BCUT2D eigenvalue weighted by atomic mass is 16.5. The largest absolute Gasteiger partial charge is 0.480 e. The van der Waals surface area contributed by atoms with E-state index in [1.54, 1.807) is 0 Å². The predicted molar refractivity (Wildman–Crippen MR) is 122 cm³/mol. The van der Waals surface area contributed by atoms with E-state index in [0.717, 1.165) is 22.3 Å². The molecular formula is C25H23N3O6. The standard InChI is InChI=1S/C25H23N3O6/c29-13-22(24(31)32)28-23(30)15-9-10-26-16(11-15)12-27-25(33)34-14-21-19-7-3-1-5-17(19)18-6-2-4-8-20(18)21/h1-11,21-22,29H,12-14H2,(H,27,33)(H,28,30)(H,31,32). The SMILES string of the molecule is O=C(NCc1cc(C(=O)NC(CO)C(=O)O)ccn1)OCC1c2ccccc2-c2ccccc21. The minimum absolute atomic E-state index is 0.0140. The average Bonchev–Trinajstić information content (AvgIpc) is 3.18. The van der Waals surface area contributed by atoms with Gasteiger partial charge in [0.05, 0.1) is 18.8 Å². The summed E-state index contributed by atoms with van der Waals surface area (Å²) in [5, 5.41) is 22.9. The molecule has 4 rings (SSSR count). The summed E-state index contributed by atoms with van der Waals surface area (Å²) in [6.07, 6.45) is 0.753. The average molecular weight is 461 g/mol. The van der Waals surface area contributed by atoms with Crippen LogP contribution < -0.4 is 10.6 Å². The third-order valence-electron chi connectivity index (χ3n) is 5.62. The van der Waals surface area contributed by atoms with E-state index in [1.165, 1.54) is 18.3 Å². The van der Waals surface area contributed by atoms with Crippen LogP contribution in [-0.4, -0.2) is 52.4 Å². The van der Waals surface area contributed by atoms with Crippen molar-refractivity contribution < 1.29 is 29.3 Å². The van der Waals surface area contributed by atoms with Gasteiger partial charge >= 0.3 is 12.1 Å². The molecule has 0 spiro atoms. The number of aliphatic hydroxyl groups is 1. The second kappa shape index (κ2) is 10.1. The number of hydrogen-bond donors (Lipinski definition) is 4. The van der Waals surface area contributed by atoms with E-state index in [2.05, 4.69) is 27.8 Å². The van der Waals surface area contributed by atoms with Crippen molar-refractivity contribution in [2.75, 3.05) is 13.2 Å². The molecule has 1 atom stereocenters. The first-order valence-electron chi connectivity index (χ1n) is 10.7. The zero-order valence-electron chi connectivity index (χ0n) is 18.1. The number of aliphatic hydroxyl groups excluding tert-OH is 1. The molecule has 4 N–H and O–H groups in total. The maximum atomic E-state index is 12.3. The number of carboxylic acid groups (broad SMARTS) is 1. The fourth-order valence-corrected chi connectivity index (χ4v) is 3.96. The molecule has 1 unspecified atom stereocenters. The molecule has 9 heteroatoms. The molecule has 1 aliphatic rings. The number of ether oxygens (including phenoxy) is 1. The number of fused-ring (bicyclic) bond motifs is 3. The van der Waals surface area contributed by atoms with Crippen molar-refractivity contribution in [1.29, 1.82) is 0 Å². The number of rotatable bonds is 8. The highest BCUT2D eigenvalue weighted by Crippen LogP contribution is 2.44. The summed E-state index contributed by atoms with van der Waals surface area (Å²) >= 11 is 0. The quantitative estimate of drug-likeness (QED) is 0.404. The topological polar surface area (TPSA) is 138 Å². The lowest BCUT2D eigenvalue weighted by atomic mass is 9.98. The molecule has 3 aromatic rings. The predicted octanol–water partition coefficient (Wildman–Crippen LogP) is 2.30. The van der Waals surface area contributed by atoms with Crippen LogP contribution in [0.1, 0.15) is 33.1 Å². The van der Waals surface area contributed by atoms with Crippen LogP contribution in [0.3, 0.4) is 0 Å². The van der Waals surface area contributed by atoms with Crippen LogP contribution in [0.2, 0.25) is 0 Å². The van der Waals surface area contributed by atoms with Gasteiger partial charge in [0.2, 0.25) is 0 Å². The molecule has 2 aromatic carbocycles. The van der Waals surface area contributed by atoms with Crippen LogP contribution in [0.4, 0.5) is 4.79 Å². The summed E-state index contributed by atoms with van der Waals surface area (Å²) in [6.45, 7) is -0.546. The Balaban J connectivity index is 1.34. The molecule has 0 radical (unpaired) electrons. The number of hydrogen-bond acceptors (Lipinski definition) is 6. The van der Waals surface area contributed by atoms with Crippen molar-refractivity contribution in [3.63, 3.8) is 0 Å². The fraction of sp³-hybridized carbons (Fsp3) is 0.200. The van der Waals surface area contributed by atoms with E-state index in [0.29, 0.717) is 5.69 Å². The number of alkyl carbamates (subject to hydrolysis) is 1. The van der Waals surface area contributed by atoms with Gasteiger partial charge in [0, 0.05) is 17.7 Å². The van der Waals surface area contributed by atoms with Gasteiger partial charge in [0.25, 0.3) is 5.91 Å². The monoisotopic (exact) mass is 461 g/mol. The van der Waals surface area contributed by atoms with Gasteiger partial charge in [-0.25, -0.2) is 9.59 Å². The normalized spacial score (nSPS) is 12.9. The highest BCUT2D eigenvalue weighted by molar-refractivity contribution is 5.96.